The minimum atomic E-state index is -0.677. The first-order chi connectivity index (χ1) is 16.0. The Kier molecular flexibility index (Phi) is 7.74. The second-order valence-corrected chi connectivity index (χ2v) is 8.85. The van der Waals surface area contributed by atoms with Gasteiger partial charge in [0.05, 0.1) is 37.1 Å². The van der Waals surface area contributed by atoms with Crippen LogP contribution in [-0.4, -0.2) is 56.4 Å². The van der Waals surface area contributed by atoms with Gasteiger partial charge in [0.1, 0.15) is 11.5 Å². The maximum Gasteiger partial charge on any atom is 0.258 e. The number of aliphatic hydroxyl groups is 1. The summed E-state index contributed by atoms with van der Waals surface area (Å²) in [4.78, 5) is 15.3. The number of ether oxygens (including phenoxy) is 1. The molecule has 0 spiro atoms. The van der Waals surface area contributed by atoms with Crippen LogP contribution in [0.3, 0.4) is 0 Å². The lowest BCUT2D eigenvalue weighted by Gasteiger charge is -2.33. The third kappa shape index (κ3) is 5.79. The Morgan fingerprint density at radius 2 is 2.09 bits per heavy atom. The molecule has 33 heavy (non-hydrogen) atoms. The number of piperidine rings is 1. The molecule has 9 heteroatoms. The highest BCUT2D eigenvalue weighted by molar-refractivity contribution is 7.98. The third-order valence-electron chi connectivity index (χ3n) is 5.67. The molecule has 7 nitrogen and oxygen atoms in total. The van der Waals surface area contributed by atoms with Crippen LogP contribution in [0.15, 0.2) is 59.6 Å². The first-order valence-electron chi connectivity index (χ1n) is 10.9. The first kappa shape index (κ1) is 23.4. The largest absolute Gasteiger partial charge is 0.386 e. The Labute approximate surface area is 196 Å². The summed E-state index contributed by atoms with van der Waals surface area (Å²) in [6, 6.07) is 14.1. The fraction of sp³-hybridized carbons (Fsp3) is 0.375. The maximum atomic E-state index is 14.4. The zero-order chi connectivity index (χ0) is 23.2. The van der Waals surface area contributed by atoms with Crippen molar-refractivity contribution in [1.29, 1.82) is 0 Å². The summed E-state index contributed by atoms with van der Waals surface area (Å²) in [6.07, 6.45) is 4.35. The molecule has 0 radical (unpaired) electrons. The minimum absolute atomic E-state index is 0.130. The topological polar surface area (TPSA) is 80.5 Å². The number of aliphatic hydroxyl groups excluding tert-OH is 1. The van der Waals surface area contributed by atoms with Gasteiger partial charge >= 0.3 is 0 Å². The number of aromatic nitrogens is 3. The molecule has 1 amide bonds. The number of benzene rings is 2. The van der Waals surface area contributed by atoms with E-state index in [4.69, 9.17) is 4.74 Å². The average Bonchev–Trinajstić information content (AvgIpc) is 3.30. The number of rotatable bonds is 8. The van der Waals surface area contributed by atoms with Crippen molar-refractivity contribution in [2.45, 2.75) is 43.1 Å². The number of hydrogen-bond donors (Lipinski definition) is 1. The van der Waals surface area contributed by atoms with Crippen LogP contribution < -0.4 is 0 Å². The second-order valence-electron chi connectivity index (χ2n) is 8.00. The summed E-state index contributed by atoms with van der Waals surface area (Å²) in [5.74, 6) is -0.796. The molecule has 1 aromatic heterocycles. The zero-order valence-electron chi connectivity index (χ0n) is 18.4. The van der Waals surface area contributed by atoms with Gasteiger partial charge in [0, 0.05) is 18.0 Å². The van der Waals surface area contributed by atoms with E-state index in [1.54, 1.807) is 27.9 Å². The van der Waals surface area contributed by atoms with Gasteiger partial charge in [-0.3, -0.25) is 4.79 Å². The normalized spacial score (nSPS) is 17.2. The summed E-state index contributed by atoms with van der Waals surface area (Å²) in [6.45, 7) is 1.53. The van der Waals surface area contributed by atoms with Crippen LogP contribution in [0.25, 0.3) is 0 Å². The fourth-order valence-electron chi connectivity index (χ4n) is 3.95. The molecule has 3 aromatic rings. The van der Waals surface area contributed by atoms with Gasteiger partial charge in [-0.25, -0.2) is 9.07 Å². The van der Waals surface area contributed by atoms with Crippen LogP contribution in [0, 0.1) is 5.82 Å². The number of nitrogens with zero attached hydrogens (tertiary/aromatic N) is 4. The Balaban J connectivity index is 1.32. The van der Waals surface area contributed by atoms with E-state index in [1.807, 2.05) is 36.6 Å². The molecule has 2 aromatic carbocycles. The van der Waals surface area contributed by atoms with Crippen LogP contribution >= 0.6 is 11.8 Å². The summed E-state index contributed by atoms with van der Waals surface area (Å²) in [7, 11) is 0. The zero-order valence-corrected chi connectivity index (χ0v) is 19.2. The van der Waals surface area contributed by atoms with Gasteiger partial charge in [-0.15, -0.1) is 16.9 Å². The number of amides is 1. The highest BCUT2D eigenvalue weighted by Gasteiger charge is 2.28. The molecule has 1 aliphatic rings. The van der Waals surface area contributed by atoms with E-state index in [9.17, 15) is 14.3 Å². The first-order valence-corrected chi connectivity index (χ1v) is 12.1. The molecule has 0 aliphatic carbocycles. The molecule has 2 atom stereocenters. The Hall–Kier alpha value is -2.75. The molecule has 4 rings (SSSR count). The SMILES string of the molecule is CSc1cccc(F)c1C(=O)N1CCCC(OCc2cn(CC(O)c3ccccc3)nn2)C1. The monoisotopic (exact) mass is 470 g/mol. The lowest BCUT2D eigenvalue weighted by molar-refractivity contribution is -0.00811. The molecule has 2 unspecified atom stereocenters. The Morgan fingerprint density at radius 3 is 2.88 bits per heavy atom. The van der Waals surface area contributed by atoms with Gasteiger partial charge in [-0.2, -0.15) is 0 Å². The quantitative estimate of drug-likeness (QED) is 0.506. The summed E-state index contributed by atoms with van der Waals surface area (Å²) in [5, 5.41) is 18.6. The maximum absolute atomic E-state index is 14.4. The van der Waals surface area contributed by atoms with Crippen molar-refractivity contribution in [3.05, 3.63) is 77.4 Å². The lowest BCUT2D eigenvalue weighted by atomic mass is 10.1. The van der Waals surface area contributed by atoms with Crippen LogP contribution in [0.4, 0.5) is 4.39 Å². The number of thioether (sulfide) groups is 1. The minimum Gasteiger partial charge on any atom is -0.386 e. The molecular weight excluding hydrogens is 443 g/mol. The predicted octanol–water partition coefficient (Wildman–Crippen LogP) is 3.69. The number of carbonyl (C=O) groups is 1. The van der Waals surface area contributed by atoms with Gasteiger partial charge in [0.2, 0.25) is 0 Å². The van der Waals surface area contributed by atoms with E-state index in [0.29, 0.717) is 30.2 Å². The van der Waals surface area contributed by atoms with Crippen LogP contribution in [-0.2, 0) is 17.9 Å². The summed E-state index contributed by atoms with van der Waals surface area (Å²) < 4.78 is 22.0. The average molecular weight is 471 g/mol. The van der Waals surface area contributed by atoms with Crippen molar-refractivity contribution in [3.8, 4) is 0 Å². The summed E-state index contributed by atoms with van der Waals surface area (Å²) in [5.41, 5.74) is 1.60. The van der Waals surface area contributed by atoms with Gasteiger partial charge in [0.15, 0.2) is 0 Å². The van der Waals surface area contributed by atoms with Gasteiger partial charge < -0.3 is 14.7 Å². The molecule has 1 fully saturated rings. The predicted molar refractivity (Wildman–Crippen MR) is 123 cm³/mol. The van der Waals surface area contributed by atoms with Crippen molar-refractivity contribution in [3.63, 3.8) is 0 Å². The molecule has 1 aliphatic heterocycles. The van der Waals surface area contributed by atoms with Gasteiger partial charge in [-0.1, -0.05) is 41.6 Å². The highest BCUT2D eigenvalue weighted by atomic mass is 32.2. The van der Waals surface area contributed by atoms with Crippen LogP contribution in [0.5, 0.6) is 0 Å². The van der Waals surface area contributed by atoms with E-state index in [-0.39, 0.29) is 24.2 Å². The van der Waals surface area contributed by atoms with Gasteiger partial charge in [0.25, 0.3) is 5.91 Å². The Morgan fingerprint density at radius 1 is 1.27 bits per heavy atom. The fourth-order valence-corrected chi connectivity index (χ4v) is 4.56. The van der Waals surface area contributed by atoms with E-state index in [1.165, 1.54) is 17.8 Å². The molecule has 0 saturated carbocycles. The van der Waals surface area contributed by atoms with Crippen molar-refractivity contribution < 1.29 is 19.0 Å². The van der Waals surface area contributed by atoms with Crippen molar-refractivity contribution in [2.75, 3.05) is 19.3 Å². The molecule has 1 saturated heterocycles. The van der Waals surface area contributed by atoms with E-state index in [2.05, 4.69) is 10.3 Å². The van der Waals surface area contributed by atoms with Crippen LogP contribution in [0.2, 0.25) is 0 Å². The lowest BCUT2D eigenvalue weighted by Crippen LogP contribution is -2.43. The second kappa shape index (κ2) is 10.9. The van der Waals surface area contributed by atoms with Gasteiger partial charge in [-0.05, 0) is 36.8 Å². The number of carbonyl (C=O) groups excluding carboxylic acids is 1. The highest BCUT2D eigenvalue weighted by Crippen LogP contribution is 2.26. The summed E-state index contributed by atoms with van der Waals surface area (Å²) >= 11 is 1.36. The third-order valence-corrected chi connectivity index (χ3v) is 6.45. The molecular formula is C24H27FN4O3S. The number of halogens is 1. The van der Waals surface area contributed by atoms with Crippen molar-refractivity contribution in [2.24, 2.45) is 0 Å². The van der Waals surface area contributed by atoms with Crippen molar-refractivity contribution in [1.82, 2.24) is 19.9 Å². The molecule has 1 N–H and O–H groups in total. The van der Waals surface area contributed by atoms with E-state index in [0.717, 1.165) is 18.4 Å². The Bertz CT molecular complexity index is 1080. The molecule has 2 heterocycles. The number of likely N-dealkylation sites (tertiary alicyclic amines) is 1. The smallest absolute Gasteiger partial charge is 0.258 e. The van der Waals surface area contributed by atoms with Crippen LogP contribution in [0.1, 0.15) is 40.6 Å². The van der Waals surface area contributed by atoms with E-state index >= 15 is 0 Å². The van der Waals surface area contributed by atoms with Crippen molar-refractivity contribution >= 4 is 17.7 Å². The number of hydrogen-bond acceptors (Lipinski definition) is 6. The van der Waals surface area contributed by atoms with E-state index < -0.39 is 11.9 Å². The molecule has 174 valence electrons. The molecule has 0 bridgehead atoms. The standard InChI is InChI=1S/C24H27FN4O3S/c1-33-22-11-5-10-20(25)23(22)24(31)28-12-6-9-19(14-28)32-16-18-13-29(27-26-18)15-21(30)17-7-3-2-4-8-17/h2-5,7-8,10-11,13,19,21,30H,6,9,12,14-16H2,1H3.